The molecule has 16 heavy (non-hydrogen) atoms. The van der Waals surface area contributed by atoms with Crippen molar-refractivity contribution in [1.82, 2.24) is 9.97 Å². The number of aromatic amines is 1. The molecule has 0 saturated carbocycles. The SMILES string of the molecule is Cc1ccc2nc(CCCCCN)[nH]c2c1. The Morgan fingerprint density at radius 2 is 2.12 bits per heavy atom. The summed E-state index contributed by atoms with van der Waals surface area (Å²) in [5, 5.41) is 0. The zero-order chi connectivity index (χ0) is 11.4. The van der Waals surface area contributed by atoms with E-state index in [0.717, 1.165) is 42.7 Å². The number of imidazole rings is 1. The van der Waals surface area contributed by atoms with Gasteiger partial charge < -0.3 is 10.7 Å². The Morgan fingerprint density at radius 3 is 2.94 bits per heavy atom. The molecule has 3 N–H and O–H groups in total. The lowest BCUT2D eigenvalue weighted by molar-refractivity contribution is 0.674. The molecule has 2 rings (SSSR count). The van der Waals surface area contributed by atoms with E-state index in [1.165, 1.54) is 12.0 Å². The molecule has 0 fully saturated rings. The molecule has 3 nitrogen and oxygen atoms in total. The molecule has 1 heterocycles. The van der Waals surface area contributed by atoms with Crippen LogP contribution in [0.4, 0.5) is 0 Å². The summed E-state index contributed by atoms with van der Waals surface area (Å²) in [7, 11) is 0. The minimum Gasteiger partial charge on any atom is -0.342 e. The standard InChI is InChI=1S/C13H19N3/c1-10-6-7-11-12(9-10)16-13(15-11)5-3-2-4-8-14/h6-7,9H,2-5,8,14H2,1H3,(H,15,16). The highest BCUT2D eigenvalue weighted by Crippen LogP contribution is 2.14. The third kappa shape index (κ3) is 2.61. The zero-order valence-corrected chi connectivity index (χ0v) is 9.79. The molecule has 0 unspecified atom stereocenters. The van der Waals surface area contributed by atoms with Crippen molar-refractivity contribution < 1.29 is 0 Å². The predicted octanol–water partition coefficient (Wildman–Crippen LogP) is 2.54. The minimum atomic E-state index is 0.791. The van der Waals surface area contributed by atoms with Crippen molar-refractivity contribution in [2.75, 3.05) is 6.54 Å². The van der Waals surface area contributed by atoms with Crippen molar-refractivity contribution in [2.45, 2.75) is 32.6 Å². The lowest BCUT2D eigenvalue weighted by Gasteiger charge is -1.95. The van der Waals surface area contributed by atoms with Gasteiger partial charge in [0.15, 0.2) is 0 Å². The maximum atomic E-state index is 5.46. The van der Waals surface area contributed by atoms with Gasteiger partial charge >= 0.3 is 0 Å². The first-order valence-electron chi connectivity index (χ1n) is 5.95. The zero-order valence-electron chi connectivity index (χ0n) is 9.79. The van der Waals surface area contributed by atoms with E-state index in [1.54, 1.807) is 0 Å². The summed E-state index contributed by atoms with van der Waals surface area (Å²) in [5.74, 6) is 1.10. The van der Waals surface area contributed by atoms with E-state index in [4.69, 9.17) is 5.73 Å². The summed E-state index contributed by atoms with van der Waals surface area (Å²) in [6.07, 6.45) is 4.48. The number of hydrogen-bond acceptors (Lipinski definition) is 2. The molecule has 1 aromatic heterocycles. The van der Waals surface area contributed by atoms with Gasteiger partial charge in [-0.25, -0.2) is 4.98 Å². The Hall–Kier alpha value is -1.35. The van der Waals surface area contributed by atoms with Gasteiger partial charge in [0.25, 0.3) is 0 Å². The summed E-state index contributed by atoms with van der Waals surface area (Å²) in [4.78, 5) is 7.94. The van der Waals surface area contributed by atoms with Gasteiger partial charge in [0.2, 0.25) is 0 Å². The summed E-state index contributed by atoms with van der Waals surface area (Å²) in [6.45, 7) is 2.89. The van der Waals surface area contributed by atoms with Crippen LogP contribution >= 0.6 is 0 Å². The van der Waals surface area contributed by atoms with Crippen LogP contribution in [-0.2, 0) is 6.42 Å². The highest BCUT2D eigenvalue weighted by molar-refractivity contribution is 5.75. The number of fused-ring (bicyclic) bond motifs is 1. The molecule has 0 aliphatic rings. The molecule has 1 aromatic carbocycles. The third-order valence-electron chi connectivity index (χ3n) is 2.80. The fourth-order valence-electron chi connectivity index (χ4n) is 1.91. The van der Waals surface area contributed by atoms with Gasteiger partial charge in [-0.05, 0) is 44.0 Å². The van der Waals surface area contributed by atoms with E-state index in [2.05, 4.69) is 35.1 Å². The van der Waals surface area contributed by atoms with Crippen LogP contribution in [-0.4, -0.2) is 16.5 Å². The van der Waals surface area contributed by atoms with Crippen LogP contribution in [0.25, 0.3) is 11.0 Å². The molecular formula is C13H19N3. The number of unbranched alkanes of at least 4 members (excludes halogenated alkanes) is 2. The van der Waals surface area contributed by atoms with Gasteiger partial charge in [-0.3, -0.25) is 0 Å². The van der Waals surface area contributed by atoms with Crippen LogP contribution in [0, 0.1) is 6.92 Å². The second-order valence-electron chi connectivity index (χ2n) is 4.30. The number of nitrogens with zero attached hydrogens (tertiary/aromatic N) is 1. The Kier molecular flexibility index (Phi) is 3.57. The van der Waals surface area contributed by atoms with Gasteiger partial charge in [-0.2, -0.15) is 0 Å². The second kappa shape index (κ2) is 5.12. The molecule has 0 amide bonds. The Morgan fingerprint density at radius 1 is 1.25 bits per heavy atom. The van der Waals surface area contributed by atoms with Crippen molar-refractivity contribution in [2.24, 2.45) is 5.73 Å². The number of nitrogens with one attached hydrogen (secondary N) is 1. The molecule has 0 spiro atoms. The van der Waals surface area contributed by atoms with Crippen LogP contribution in [0.5, 0.6) is 0 Å². The summed E-state index contributed by atoms with van der Waals surface area (Å²) >= 11 is 0. The largest absolute Gasteiger partial charge is 0.342 e. The molecule has 0 bridgehead atoms. The van der Waals surface area contributed by atoms with E-state index in [0.29, 0.717) is 0 Å². The number of nitrogens with two attached hydrogens (primary N) is 1. The minimum absolute atomic E-state index is 0.791. The third-order valence-corrected chi connectivity index (χ3v) is 2.80. The molecule has 0 aliphatic heterocycles. The molecular weight excluding hydrogens is 198 g/mol. The molecule has 0 aliphatic carbocycles. The first-order valence-corrected chi connectivity index (χ1v) is 5.95. The predicted molar refractivity (Wildman–Crippen MR) is 67.4 cm³/mol. The number of hydrogen-bond donors (Lipinski definition) is 2. The van der Waals surface area contributed by atoms with Crippen molar-refractivity contribution >= 4 is 11.0 Å². The number of aryl methyl sites for hydroxylation is 2. The number of aromatic nitrogens is 2. The van der Waals surface area contributed by atoms with Crippen LogP contribution in [0.2, 0.25) is 0 Å². The lowest BCUT2D eigenvalue weighted by atomic mass is 10.2. The van der Waals surface area contributed by atoms with Crippen LogP contribution in [0.3, 0.4) is 0 Å². The fraction of sp³-hybridized carbons (Fsp3) is 0.462. The van der Waals surface area contributed by atoms with Gasteiger partial charge in [0, 0.05) is 6.42 Å². The number of benzene rings is 1. The molecule has 0 saturated heterocycles. The molecule has 86 valence electrons. The summed E-state index contributed by atoms with van der Waals surface area (Å²) in [6, 6.07) is 6.32. The van der Waals surface area contributed by atoms with Crippen molar-refractivity contribution in [3.8, 4) is 0 Å². The fourth-order valence-corrected chi connectivity index (χ4v) is 1.91. The highest BCUT2D eigenvalue weighted by atomic mass is 14.9. The van der Waals surface area contributed by atoms with Crippen molar-refractivity contribution in [3.05, 3.63) is 29.6 Å². The maximum absolute atomic E-state index is 5.46. The molecule has 0 radical (unpaired) electrons. The Balaban J connectivity index is 2.02. The quantitative estimate of drug-likeness (QED) is 0.756. The van der Waals surface area contributed by atoms with Crippen LogP contribution in [0.15, 0.2) is 18.2 Å². The first kappa shape index (κ1) is 11.1. The van der Waals surface area contributed by atoms with Crippen molar-refractivity contribution in [3.63, 3.8) is 0 Å². The Labute approximate surface area is 96.1 Å². The number of H-pyrrole nitrogens is 1. The average molecular weight is 217 g/mol. The van der Waals surface area contributed by atoms with Crippen LogP contribution in [0.1, 0.15) is 30.7 Å². The smallest absolute Gasteiger partial charge is 0.107 e. The molecule has 3 heteroatoms. The first-order chi connectivity index (χ1) is 7.79. The van der Waals surface area contributed by atoms with Gasteiger partial charge in [-0.15, -0.1) is 0 Å². The Bertz CT molecular complexity index is 459. The highest BCUT2D eigenvalue weighted by Gasteiger charge is 2.02. The van der Waals surface area contributed by atoms with E-state index in [1.807, 2.05) is 0 Å². The van der Waals surface area contributed by atoms with E-state index < -0.39 is 0 Å². The summed E-state index contributed by atoms with van der Waals surface area (Å²) in [5.41, 5.74) is 8.95. The van der Waals surface area contributed by atoms with Gasteiger partial charge in [0.1, 0.15) is 5.82 Å². The van der Waals surface area contributed by atoms with E-state index in [9.17, 15) is 0 Å². The lowest BCUT2D eigenvalue weighted by Crippen LogP contribution is -1.98. The topological polar surface area (TPSA) is 54.7 Å². The van der Waals surface area contributed by atoms with Gasteiger partial charge in [-0.1, -0.05) is 12.5 Å². The van der Waals surface area contributed by atoms with E-state index in [-0.39, 0.29) is 0 Å². The normalized spacial score (nSPS) is 11.1. The van der Waals surface area contributed by atoms with Crippen LogP contribution < -0.4 is 5.73 Å². The molecule has 2 aromatic rings. The summed E-state index contributed by atoms with van der Waals surface area (Å²) < 4.78 is 0. The second-order valence-corrected chi connectivity index (χ2v) is 4.30. The van der Waals surface area contributed by atoms with E-state index >= 15 is 0 Å². The molecule has 0 atom stereocenters. The van der Waals surface area contributed by atoms with Gasteiger partial charge in [0.05, 0.1) is 11.0 Å². The van der Waals surface area contributed by atoms with Crippen molar-refractivity contribution in [1.29, 1.82) is 0 Å². The average Bonchev–Trinajstić information content (AvgIpc) is 2.66. The maximum Gasteiger partial charge on any atom is 0.107 e. The number of rotatable bonds is 5. The monoisotopic (exact) mass is 217 g/mol.